The first-order valence-corrected chi connectivity index (χ1v) is 30.1. The van der Waals surface area contributed by atoms with Gasteiger partial charge in [0.05, 0.1) is 12.5 Å². The van der Waals surface area contributed by atoms with E-state index in [0.717, 1.165) is 104 Å². The molecule has 1 amide bonds. The third-order valence-electron chi connectivity index (χ3n) is 12.2. The lowest BCUT2D eigenvalue weighted by atomic mass is 9.95. The maximum atomic E-state index is 12.4. The monoisotopic (exact) mass is 1280 g/mol. The van der Waals surface area contributed by atoms with Gasteiger partial charge in [-0.05, 0) is 116 Å². The van der Waals surface area contributed by atoms with Gasteiger partial charge in [-0.3, -0.25) is 9.59 Å². The maximum Gasteiger partial charge on any atom is 0.490 e. The fourth-order valence-corrected chi connectivity index (χ4v) is 7.39. The number of halogens is 12. The average molecular weight is 1280 g/mol. The highest BCUT2D eigenvalue weighted by Crippen LogP contribution is 2.20. The Morgan fingerprint density at radius 2 is 0.640 bits per heavy atom. The van der Waals surface area contributed by atoms with E-state index in [1.807, 2.05) is 4.90 Å². The van der Waals surface area contributed by atoms with Crippen molar-refractivity contribution in [1.29, 1.82) is 0 Å². The Kier molecular flexibility index (Phi) is 68.5. The van der Waals surface area contributed by atoms with Gasteiger partial charge in [0.15, 0.2) is 0 Å². The van der Waals surface area contributed by atoms with Crippen LogP contribution in [0.25, 0.3) is 0 Å². The lowest BCUT2D eigenvalue weighted by molar-refractivity contribution is -0.193. The summed E-state index contributed by atoms with van der Waals surface area (Å²) in [7, 11) is 0. The molecule has 1 unspecified atom stereocenters. The number of carboxylic acids is 5. The zero-order valence-electron chi connectivity index (χ0n) is 50.8. The predicted molar refractivity (Wildman–Crippen MR) is 308 cm³/mol. The number of nitrogens with one attached hydrogen (secondary N) is 2. The summed E-state index contributed by atoms with van der Waals surface area (Å²) < 4.78 is 127. The molecule has 0 rings (SSSR count). The number of carboxylic acid groups (broad SMARTS) is 5. The highest BCUT2D eigenvalue weighted by Gasteiger charge is 2.40. The summed E-state index contributed by atoms with van der Waals surface area (Å²) in [5.41, 5.74) is 16.4. The van der Waals surface area contributed by atoms with Gasteiger partial charge in [0.1, 0.15) is 0 Å². The molecule has 0 spiro atoms. The minimum absolute atomic E-state index is 0.0218. The Hall–Kier alpha value is -4.48. The molecule has 0 bridgehead atoms. The van der Waals surface area contributed by atoms with Gasteiger partial charge in [0, 0.05) is 13.1 Å². The summed E-state index contributed by atoms with van der Waals surface area (Å²) in [6.45, 7) is 12.0. The molecule has 0 aromatic heterocycles. The standard InChI is InChI=1S/C39H76N2O3.C10H26N4.4C2HF3O2/c1-3-5-7-9-11-13-15-16-17-18-19-21-23-25-27-30-34-41(38(42)36-40)35-31-29-33-37(39(43)44)32-28-26-24-22-20-14-12-10-8-6-4-2;11-5-3-9-13-7-1-2-8-14-10-4-6-12;4*3-2(4,5)1(6)7/h22,24,37H,3-21,23,25-36,40H2,1-2H3,(H,43,44);13-14H,1-12H2;4*(H,6,7)/b24-22+;;;;;. The van der Waals surface area contributed by atoms with Crippen LogP contribution in [0.4, 0.5) is 52.7 Å². The van der Waals surface area contributed by atoms with E-state index < -0.39 is 54.6 Å². The molecule has 0 aliphatic carbocycles. The first-order chi connectivity index (χ1) is 40.2. The Balaban J connectivity index is -0.000000302. The largest absolute Gasteiger partial charge is 0.490 e. The van der Waals surface area contributed by atoms with Crippen LogP contribution in [0.1, 0.15) is 226 Å². The van der Waals surface area contributed by atoms with Crippen LogP contribution >= 0.6 is 0 Å². The Labute approximate surface area is 501 Å². The number of hydrogen-bond donors (Lipinski definition) is 10. The number of alkyl halides is 12. The van der Waals surface area contributed by atoms with Crippen LogP contribution in [-0.4, -0.2) is 150 Å². The molecule has 29 heteroatoms. The third kappa shape index (κ3) is 79.5. The van der Waals surface area contributed by atoms with Crippen molar-refractivity contribution in [1.82, 2.24) is 15.5 Å². The van der Waals surface area contributed by atoms with Crippen LogP contribution in [0.2, 0.25) is 0 Å². The van der Waals surface area contributed by atoms with Crippen LogP contribution in [0.3, 0.4) is 0 Å². The topological polar surface area (TPSA) is 309 Å². The highest BCUT2D eigenvalue weighted by molar-refractivity contribution is 5.78. The van der Waals surface area contributed by atoms with Crippen molar-refractivity contribution < 1.29 is 107 Å². The lowest BCUT2D eigenvalue weighted by Gasteiger charge is -2.22. The minimum atomic E-state index is -5.08. The van der Waals surface area contributed by atoms with Crippen LogP contribution in [-0.2, 0) is 28.8 Å². The van der Waals surface area contributed by atoms with Crippen molar-refractivity contribution in [2.75, 3.05) is 58.9 Å². The molecule has 0 saturated carbocycles. The molecule has 13 N–H and O–H groups in total. The third-order valence-corrected chi connectivity index (χ3v) is 12.2. The second-order valence-electron chi connectivity index (χ2n) is 20.1. The van der Waals surface area contributed by atoms with Gasteiger partial charge in [-0.1, -0.05) is 161 Å². The van der Waals surface area contributed by atoms with E-state index >= 15 is 0 Å². The maximum absolute atomic E-state index is 12.4. The van der Waals surface area contributed by atoms with Crippen molar-refractivity contribution in [3.05, 3.63) is 12.2 Å². The van der Waals surface area contributed by atoms with Gasteiger partial charge in [0.2, 0.25) is 5.91 Å². The molecule has 0 aromatic carbocycles. The Morgan fingerprint density at radius 3 is 0.919 bits per heavy atom. The van der Waals surface area contributed by atoms with Gasteiger partial charge < -0.3 is 58.3 Å². The highest BCUT2D eigenvalue weighted by atomic mass is 19.4. The molecule has 0 heterocycles. The van der Waals surface area contributed by atoms with Gasteiger partial charge in [-0.15, -0.1) is 0 Å². The zero-order valence-corrected chi connectivity index (χ0v) is 50.8. The van der Waals surface area contributed by atoms with E-state index in [0.29, 0.717) is 13.0 Å². The SMILES string of the molecule is CCCCCCCC/C=C/CCCC(CCCCN(CCCCCCCCCCCCCCCCCC)C(=O)CN)C(=O)O.NCCCNCCCCNCCCN.O=C(O)C(F)(F)F.O=C(O)C(F)(F)F.O=C(O)C(F)(F)F.O=C(O)C(F)(F)F. The lowest BCUT2D eigenvalue weighted by Crippen LogP contribution is -2.37. The van der Waals surface area contributed by atoms with Crippen molar-refractivity contribution in [2.24, 2.45) is 23.1 Å². The predicted octanol–water partition coefficient (Wildman–Crippen LogP) is 13.6. The molecule has 86 heavy (non-hydrogen) atoms. The number of allylic oxidation sites excluding steroid dienone is 2. The van der Waals surface area contributed by atoms with E-state index in [-0.39, 0.29) is 18.4 Å². The van der Waals surface area contributed by atoms with E-state index in [4.69, 9.17) is 56.8 Å². The summed E-state index contributed by atoms with van der Waals surface area (Å²) in [5.74, 6) is -12.0. The molecule has 0 aliphatic rings. The van der Waals surface area contributed by atoms with Crippen molar-refractivity contribution >= 4 is 35.8 Å². The number of rotatable bonds is 46. The van der Waals surface area contributed by atoms with Crippen molar-refractivity contribution in [3.8, 4) is 0 Å². The molecule has 0 radical (unpaired) electrons. The number of hydrogen-bond acceptors (Lipinski definition) is 11. The van der Waals surface area contributed by atoms with Crippen LogP contribution in [0.15, 0.2) is 12.2 Å². The number of amides is 1. The van der Waals surface area contributed by atoms with Crippen molar-refractivity contribution in [3.63, 3.8) is 0 Å². The fraction of sp³-hybridized carbons (Fsp3) is 0.860. The molecular formula is C57H106F12N6O11. The summed E-state index contributed by atoms with van der Waals surface area (Å²) in [4.78, 5) is 61.6. The number of aliphatic carboxylic acids is 5. The summed E-state index contributed by atoms with van der Waals surface area (Å²) >= 11 is 0. The average Bonchev–Trinajstić information content (AvgIpc) is 3.45. The number of nitrogens with zero attached hydrogens (tertiary/aromatic N) is 1. The van der Waals surface area contributed by atoms with Gasteiger partial charge in [0.25, 0.3) is 0 Å². The molecule has 0 aliphatic heterocycles. The molecule has 0 saturated heterocycles. The molecule has 1 atom stereocenters. The van der Waals surface area contributed by atoms with Crippen LogP contribution in [0, 0.1) is 5.92 Å². The second-order valence-corrected chi connectivity index (χ2v) is 20.1. The minimum Gasteiger partial charge on any atom is -0.481 e. The number of nitrogens with two attached hydrogens (primary N) is 3. The second kappa shape index (κ2) is 63.5. The van der Waals surface area contributed by atoms with Gasteiger partial charge in [-0.25, -0.2) is 19.2 Å². The quantitative estimate of drug-likeness (QED) is 0.0154. The summed E-state index contributed by atoms with van der Waals surface area (Å²) in [6.07, 6.45) is 24.4. The van der Waals surface area contributed by atoms with E-state index in [1.54, 1.807) is 0 Å². The first-order valence-electron chi connectivity index (χ1n) is 30.1. The van der Waals surface area contributed by atoms with E-state index in [9.17, 15) is 67.4 Å². The number of unbranched alkanes of at least 4 members (excludes halogenated alkanes) is 24. The number of carbonyl (C=O) groups excluding carboxylic acids is 1. The summed E-state index contributed by atoms with van der Waals surface area (Å²) in [6, 6.07) is 0. The molecule has 514 valence electrons. The molecule has 0 fully saturated rings. The molecule has 0 aromatic rings. The van der Waals surface area contributed by atoms with Crippen molar-refractivity contribution in [2.45, 2.75) is 250 Å². The zero-order chi connectivity index (χ0) is 67.1. The number of carbonyl (C=O) groups is 6. The van der Waals surface area contributed by atoms with Gasteiger partial charge in [-0.2, -0.15) is 52.7 Å². The molecule has 17 nitrogen and oxygen atoms in total. The first kappa shape index (κ1) is 92.7. The molecular weight excluding hydrogens is 1170 g/mol. The van der Waals surface area contributed by atoms with Gasteiger partial charge >= 0.3 is 54.6 Å². The van der Waals surface area contributed by atoms with Crippen LogP contribution in [0.5, 0.6) is 0 Å². The van der Waals surface area contributed by atoms with E-state index in [1.165, 1.54) is 148 Å². The van der Waals surface area contributed by atoms with Crippen LogP contribution < -0.4 is 27.8 Å². The van der Waals surface area contributed by atoms with E-state index in [2.05, 4.69) is 36.6 Å². The smallest absolute Gasteiger partial charge is 0.481 e. The fourth-order valence-electron chi connectivity index (χ4n) is 7.39. The summed E-state index contributed by atoms with van der Waals surface area (Å²) in [5, 5.41) is 44.9. The Morgan fingerprint density at radius 1 is 0.384 bits per heavy atom. The Bertz CT molecular complexity index is 1520. The normalized spacial score (nSPS) is 11.7.